The highest BCUT2D eigenvalue weighted by atomic mass is 16.7. The first-order chi connectivity index (χ1) is 11.5. The van der Waals surface area contributed by atoms with Gasteiger partial charge in [0, 0.05) is 11.6 Å². The highest BCUT2D eigenvalue weighted by molar-refractivity contribution is 5.96. The highest BCUT2D eigenvalue weighted by Gasteiger charge is 2.17. The summed E-state index contributed by atoms with van der Waals surface area (Å²) in [5.41, 5.74) is 0.335. The molecule has 1 atom stereocenters. The van der Waals surface area contributed by atoms with E-state index in [2.05, 4.69) is 10.6 Å². The normalized spacial score (nSPS) is 13.1. The van der Waals surface area contributed by atoms with E-state index >= 15 is 0 Å². The number of benzene rings is 1. The summed E-state index contributed by atoms with van der Waals surface area (Å²) >= 11 is 0. The molecule has 1 aliphatic rings. The second kappa shape index (κ2) is 8.19. The van der Waals surface area contributed by atoms with Crippen LogP contribution in [0.4, 0.5) is 0 Å². The number of carbonyl (C=O) groups is 3. The van der Waals surface area contributed by atoms with Crippen LogP contribution in [-0.2, 0) is 14.3 Å². The largest absolute Gasteiger partial charge is 0.454 e. The zero-order valence-electron chi connectivity index (χ0n) is 13.6. The summed E-state index contributed by atoms with van der Waals surface area (Å²) in [6.07, 6.45) is 0.783. The van der Waals surface area contributed by atoms with E-state index in [0.717, 1.165) is 6.42 Å². The molecule has 8 nitrogen and oxygen atoms in total. The van der Waals surface area contributed by atoms with Crippen LogP contribution in [0.25, 0.3) is 0 Å². The molecule has 1 aliphatic heterocycles. The summed E-state index contributed by atoms with van der Waals surface area (Å²) in [7, 11) is 0. The first-order valence-electron chi connectivity index (χ1n) is 7.62. The number of hydrogen-bond donors (Lipinski definition) is 2. The minimum atomic E-state index is -0.691. The molecule has 0 aromatic heterocycles. The van der Waals surface area contributed by atoms with E-state index in [-0.39, 0.29) is 31.9 Å². The van der Waals surface area contributed by atoms with Gasteiger partial charge < -0.3 is 24.8 Å². The molecular weight excluding hydrogens is 316 g/mol. The van der Waals surface area contributed by atoms with Crippen molar-refractivity contribution in [2.24, 2.45) is 0 Å². The first-order valence-corrected chi connectivity index (χ1v) is 7.62. The highest BCUT2D eigenvalue weighted by Crippen LogP contribution is 2.32. The molecular formula is C16H20N2O6. The van der Waals surface area contributed by atoms with Gasteiger partial charge in [-0.25, -0.2) is 0 Å². The topological polar surface area (TPSA) is 103 Å². The summed E-state index contributed by atoms with van der Waals surface area (Å²) in [6, 6.07) is 4.73. The molecule has 24 heavy (non-hydrogen) atoms. The fourth-order valence-electron chi connectivity index (χ4n) is 1.91. The van der Waals surface area contributed by atoms with Crippen LogP contribution in [0.3, 0.4) is 0 Å². The quantitative estimate of drug-likeness (QED) is 0.707. The van der Waals surface area contributed by atoms with Crippen LogP contribution in [0.15, 0.2) is 18.2 Å². The van der Waals surface area contributed by atoms with Gasteiger partial charge in [0.2, 0.25) is 6.79 Å². The number of carbonyl (C=O) groups excluding carboxylic acids is 3. The van der Waals surface area contributed by atoms with Crippen LogP contribution in [0.1, 0.15) is 30.6 Å². The predicted octanol–water partition coefficient (Wildman–Crippen LogP) is 0.603. The third kappa shape index (κ3) is 4.87. The Balaban J connectivity index is 1.73. The van der Waals surface area contributed by atoms with E-state index in [1.54, 1.807) is 12.1 Å². The molecule has 1 aromatic rings. The molecule has 130 valence electrons. The molecule has 2 amide bonds. The second-order valence-electron chi connectivity index (χ2n) is 5.29. The number of nitrogens with one attached hydrogen (secondary N) is 2. The van der Waals surface area contributed by atoms with E-state index < -0.39 is 11.9 Å². The zero-order valence-corrected chi connectivity index (χ0v) is 13.6. The van der Waals surface area contributed by atoms with E-state index in [1.165, 1.54) is 6.07 Å². The molecule has 2 rings (SSSR count). The summed E-state index contributed by atoms with van der Waals surface area (Å²) in [6.45, 7) is 3.20. The fourth-order valence-corrected chi connectivity index (χ4v) is 1.91. The molecule has 8 heteroatoms. The monoisotopic (exact) mass is 336 g/mol. The zero-order chi connectivity index (χ0) is 17.5. The number of rotatable bonds is 7. The van der Waals surface area contributed by atoms with Crippen molar-refractivity contribution in [2.45, 2.75) is 26.3 Å². The summed E-state index contributed by atoms with van der Waals surface area (Å²) in [5.74, 6) is -0.470. The van der Waals surface area contributed by atoms with Gasteiger partial charge in [0.05, 0.1) is 0 Å². The lowest BCUT2D eigenvalue weighted by atomic mass is 10.2. The van der Waals surface area contributed by atoms with E-state index in [0.29, 0.717) is 17.1 Å². The minimum Gasteiger partial charge on any atom is -0.454 e. The Morgan fingerprint density at radius 2 is 2.00 bits per heavy atom. The molecule has 2 N–H and O–H groups in total. The average molecular weight is 336 g/mol. The molecule has 1 heterocycles. The third-order valence-electron chi connectivity index (χ3n) is 3.41. The maximum absolute atomic E-state index is 12.0. The Bertz CT molecular complexity index is 631. The van der Waals surface area contributed by atoms with Crippen molar-refractivity contribution in [1.29, 1.82) is 0 Å². The molecule has 0 radical (unpaired) electrons. The summed E-state index contributed by atoms with van der Waals surface area (Å²) in [4.78, 5) is 35.0. The van der Waals surface area contributed by atoms with Crippen LogP contribution in [0.5, 0.6) is 11.5 Å². The summed E-state index contributed by atoms with van der Waals surface area (Å²) in [5, 5.41) is 5.09. The number of esters is 1. The second-order valence-corrected chi connectivity index (χ2v) is 5.29. The van der Waals surface area contributed by atoms with Crippen molar-refractivity contribution in [3.8, 4) is 11.5 Å². The number of fused-ring (bicyclic) bond motifs is 1. The van der Waals surface area contributed by atoms with Crippen LogP contribution in [-0.4, -0.2) is 43.8 Å². The third-order valence-corrected chi connectivity index (χ3v) is 3.41. The number of hydrogen-bond acceptors (Lipinski definition) is 6. The van der Waals surface area contributed by atoms with Crippen molar-refractivity contribution >= 4 is 17.8 Å². The van der Waals surface area contributed by atoms with Crippen molar-refractivity contribution in [3.05, 3.63) is 23.8 Å². The average Bonchev–Trinajstić information content (AvgIpc) is 3.05. The Kier molecular flexibility index (Phi) is 6.00. The Morgan fingerprint density at radius 3 is 2.75 bits per heavy atom. The van der Waals surface area contributed by atoms with Gasteiger partial charge in [-0.1, -0.05) is 6.92 Å². The Hall–Kier alpha value is -2.77. The van der Waals surface area contributed by atoms with Gasteiger partial charge in [-0.2, -0.15) is 0 Å². The van der Waals surface area contributed by atoms with Crippen LogP contribution in [0.2, 0.25) is 0 Å². The molecule has 0 spiro atoms. The van der Waals surface area contributed by atoms with Crippen molar-refractivity contribution in [1.82, 2.24) is 10.6 Å². The van der Waals surface area contributed by atoms with Gasteiger partial charge >= 0.3 is 5.97 Å². The SMILES string of the molecule is CCC(C)NC(=O)COC(=O)CNC(=O)c1ccc2c(c1)OCO2. The number of ether oxygens (including phenoxy) is 3. The molecule has 0 aliphatic carbocycles. The molecule has 1 unspecified atom stereocenters. The van der Waals surface area contributed by atoms with Crippen molar-refractivity contribution in [3.63, 3.8) is 0 Å². The van der Waals surface area contributed by atoms with Crippen LogP contribution >= 0.6 is 0 Å². The van der Waals surface area contributed by atoms with E-state index in [4.69, 9.17) is 14.2 Å². The lowest BCUT2D eigenvalue weighted by Gasteiger charge is -2.11. The van der Waals surface area contributed by atoms with Gasteiger partial charge in [0.25, 0.3) is 11.8 Å². The van der Waals surface area contributed by atoms with Gasteiger partial charge in [0.1, 0.15) is 6.54 Å². The fraction of sp³-hybridized carbons (Fsp3) is 0.438. The number of amides is 2. The minimum absolute atomic E-state index is 0.0157. The Morgan fingerprint density at radius 1 is 1.25 bits per heavy atom. The van der Waals surface area contributed by atoms with Gasteiger partial charge in [0.15, 0.2) is 18.1 Å². The Labute approximate surface area is 139 Å². The maximum Gasteiger partial charge on any atom is 0.325 e. The molecule has 0 fully saturated rings. The van der Waals surface area contributed by atoms with E-state index in [9.17, 15) is 14.4 Å². The van der Waals surface area contributed by atoms with Crippen LogP contribution in [0, 0.1) is 0 Å². The van der Waals surface area contributed by atoms with Crippen molar-refractivity contribution in [2.75, 3.05) is 19.9 Å². The standard InChI is InChI=1S/C16H20N2O6/c1-3-10(2)18-14(19)8-22-15(20)7-17-16(21)11-4-5-12-13(6-11)24-9-23-12/h4-6,10H,3,7-9H2,1-2H3,(H,17,21)(H,18,19). The van der Waals surface area contributed by atoms with Gasteiger partial charge in [-0.05, 0) is 31.5 Å². The van der Waals surface area contributed by atoms with Gasteiger partial charge in [-0.3, -0.25) is 14.4 Å². The van der Waals surface area contributed by atoms with E-state index in [1.807, 2.05) is 13.8 Å². The maximum atomic E-state index is 12.0. The first kappa shape index (κ1) is 17.6. The molecule has 0 bridgehead atoms. The molecule has 0 saturated heterocycles. The van der Waals surface area contributed by atoms with Crippen molar-refractivity contribution < 1.29 is 28.6 Å². The smallest absolute Gasteiger partial charge is 0.325 e. The predicted molar refractivity (Wildman–Crippen MR) is 83.8 cm³/mol. The van der Waals surface area contributed by atoms with Crippen LogP contribution < -0.4 is 20.1 Å². The molecule has 1 aromatic carbocycles. The summed E-state index contributed by atoms with van der Waals surface area (Å²) < 4.78 is 15.1. The van der Waals surface area contributed by atoms with Gasteiger partial charge in [-0.15, -0.1) is 0 Å². The lowest BCUT2D eigenvalue weighted by molar-refractivity contribution is -0.147. The lowest BCUT2D eigenvalue weighted by Crippen LogP contribution is -2.37. The molecule has 0 saturated carbocycles.